The van der Waals surface area contributed by atoms with Gasteiger partial charge < -0.3 is 31.3 Å². The van der Waals surface area contributed by atoms with Crippen molar-refractivity contribution in [1.29, 1.82) is 0 Å². The van der Waals surface area contributed by atoms with Crippen LogP contribution < -0.4 is 21.3 Å². The number of carbonyl (C=O) groups excluding carboxylic acids is 5. The molecule has 7 atom stereocenters. The van der Waals surface area contributed by atoms with Gasteiger partial charge in [0.2, 0.25) is 17.7 Å². The molecule has 1 aliphatic heterocycles. The lowest BCUT2D eigenvalue weighted by Gasteiger charge is -2.39. The number of hydrogen-bond donors (Lipinski definition) is 6. The summed E-state index contributed by atoms with van der Waals surface area (Å²) in [5.74, 6) is -4.23. The van der Waals surface area contributed by atoms with E-state index in [2.05, 4.69) is 31.2 Å². The van der Waals surface area contributed by atoms with Gasteiger partial charge in [-0.3, -0.25) is 33.5 Å². The van der Waals surface area contributed by atoms with E-state index in [1.807, 2.05) is 0 Å². The third-order valence-electron chi connectivity index (χ3n) is 11.3. The normalized spacial score (nSPS) is 24.9. The van der Waals surface area contributed by atoms with Crippen LogP contribution in [-0.4, -0.2) is 104 Å². The summed E-state index contributed by atoms with van der Waals surface area (Å²) in [5.41, 5.74) is -0.803. The third kappa shape index (κ3) is 8.99. The van der Waals surface area contributed by atoms with Gasteiger partial charge in [0, 0.05) is 25.0 Å². The zero-order chi connectivity index (χ0) is 38.7. The van der Waals surface area contributed by atoms with Crippen molar-refractivity contribution >= 4 is 39.7 Å². The van der Waals surface area contributed by atoms with Crippen LogP contribution in [0, 0.1) is 23.2 Å². The summed E-state index contributed by atoms with van der Waals surface area (Å²) in [7, 11) is -5.45. The molecule has 2 heterocycles. The molecule has 0 spiro atoms. The Morgan fingerprint density at radius 3 is 2.23 bits per heavy atom. The van der Waals surface area contributed by atoms with Crippen molar-refractivity contribution in [2.24, 2.45) is 23.2 Å². The van der Waals surface area contributed by atoms with Crippen molar-refractivity contribution in [2.75, 3.05) is 6.54 Å². The fourth-order valence-corrected chi connectivity index (χ4v) is 9.12. The molecule has 1 aromatic rings. The predicted octanol–water partition coefficient (Wildman–Crippen LogP) is 1.45. The highest BCUT2D eigenvalue weighted by Gasteiger charge is 2.58. The SMILES string of the molecule is CCC[C@H](NC(=O)[C@@H]1[C@H]2CCC[C@H]2CN1C(=O)[C@@H](NC(=O)[C@@H](NC(=O)c1cnccn1)C1CCCCC1)C(C)(C)C)C(O)(C(=O)NC1CC1)S(=O)(=O)O. The van der Waals surface area contributed by atoms with Gasteiger partial charge in [-0.15, -0.1) is 0 Å². The minimum Gasteiger partial charge on any atom is -0.364 e. The van der Waals surface area contributed by atoms with Gasteiger partial charge in [-0.05, 0) is 68.1 Å². The molecule has 0 radical (unpaired) electrons. The number of nitrogens with zero attached hydrogens (tertiary/aromatic N) is 3. The van der Waals surface area contributed by atoms with Gasteiger partial charge in [0.05, 0.1) is 12.2 Å². The van der Waals surface area contributed by atoms with Crippen LogP contribution in [0.5, 0.6) is 0 Å². The molecular weight excluding hydrogens is 707 g/mol. The Morgan fingerprint density at radius 2 is 1.64 bits per heavy atom. The first-order chi connectivity index (χ1) is 25.0. The largest absolute Gasteiger partial charge is 0.364 e. The maximum Gasteiger partial charge on any atom is 0.306 e. The highest BCUT2D eigenvalue weighted by Crippen LogP contribution is 2.43. The molecule has 3 aliphatic carbocycles. The van der Waals surface area contributed by atoms with Crippen LogP contribution in [0.15, 0.2) is 18.6 Å². The van der Waals surface area contributed by atoms with Crippen LogP contribution in [0.1, 0.15) is 115 Å². The lowest BCUT2D eigenvalue weighted by molar-refractivity contribution is -0.146. The molecule has 5 rings (SSSR count). The molecule has 16 nitrogen and oxygen atoms in total. The summed E-state index contributed by atoms with van der Waals surface area (Å²) in [4.78, 5) is 75.7. The number of rotatable bonds is 14. The van der Waals surface area contributed by atoms with Gasteiger partial charge in [0.15, 0.2) is 0 Å². The minimum atomic E-state index is -5.45. The Balaban J connectivity index is 1.41. The van der Waals surface area contributed by atoms with Crippen LogP contribution >= 0.6 is 0 Å². The number of likely N-dealkylation sites (tertiary alicyclic amines) is 1. The average molecular weight is 762 g/mol. The third-order valence-corrected chi connectivity index (χ3v) is 12.6. The second-order valence-electron chi connectivity index (χ2n) is 16.3. The Kier molecular flexibility index (Phi) is 12.5. The monoisotopic (exact) mass is 761 g/mol. The van der Waals surface area contributed by atoms with Crippen molar-refractivity contribution in [3.63, 3.8) is 0 Å². The van der Waals surface area contributed by atoms with Crippen molar-refractivity contribution in [3.8, 4) is 0 Å². The Morgan fingerprint density at radius 1 is 0.943 bits per heavy atom. The second-order valence-corrected chi connectivity index (χ2v) is 17.9. The van der Waals surface area contributed by atoms with Crippen LogP contribution in [0.25, 0.3) is 0 Å². The average Bonchev–Trinajstić information content (AvgIpc) is 3.68. The maximum atomic E-state index is 14.7. The van der Waals surface area contributed by atoms with E-state index in [0.717, 1.165) is 32.1 Å². The van der Waals surface area contributed by atoms with Gasteiger partial charge in [0.25, 0.3) is 16.7 Å². The molecular formula is C36H55N7O9S. The Hall–Kier alpha value is -3.70. The molecule has 5 amide bonds. The van der Waals surface area contributed by atoms with Crippen LogP contribution in [0.2, 0.25) is 0 Å². The fraction of sp³-hybridized carbons (Fsp3) is 0.750. The highest BCUT2D eigenvalue weighted by atomic mass is 32.2. The van der Waals surface area contributed by atoms with E-state index < -0.39 is 74.2 Å². The smallest absolute Gasteiger partial charge is 0.306 e. The number of aliphatic hydroxyl groups is 1. The van der Waals surface area contributed by atoms with E-state index >= 15 is 0 Å². The summed E-state index contributed by atoms with van der Waals surface area (Å²) >= 11 is 0. The number of carbonyl (C=O) groups is 5. The molecule has 6 N–H and O–H groups in total. The standard InChI is InChI=1S/C36H55N7O9S/c1-5-10-26(36(49,53(50,51)52)34(48)39-23-15-16-23)40-32(46)28-24-14-9-13-22(24)20-43(28)33(47)29(35(2,3)4)42-31(45)27(21-11-7-6-8-12-21)41-30(44)25-19-37-17-18-38-25/h17-19,21-24,26-29,49H,5-16,20H2,1-4H3,(H,39,48)(H,40,46)(H,41,44)(H,42,45)(H,50,51,52)/t22-,24-,26-,27-,28-,29+,36?/m0/s1. The molecule has 294 valence electrons. The van der Waals surface area contributed by atoms with E-state index in [9.17, 15) is 42.0 Å². The first kappa shape index (κ1) is 40.5. The predicted molar refractivity (Wildman–Crippen MR) is 192 cm³/mol. The number of fused-ring (bicyclic) bond motifs is 1. The quantitative estimate of drug-likeness (QED) is 0.148. The zero-order valence-electron chi connectivity index (χ0n) is 31.0. The van der Waals surface area contributed by atoms with Gasteiger partial charge in [0.1, 0.15) is 23.8 Å². The summed E-state index contributed by atoms with van der Waals surface area (Å²) in [6.45, 7) is 7.25. The van der Waals surface area contributed by atoms with E-state index in [4.69, 9.17) is 0 Å². The Labute approximate surface area is 311 Å². The van der Waals surface area contributed by atoms with Gasteiger partial charge in [-0.1, -0.05) is 59.8 Å². The van der Waals surface area contributed by atoms with E-state index in [-0.39, 0.29) is 48.9 Å². The van der Waals surface area contributed by atoms with Crippen molar-refractivity contribution in [3.05, 3.63) is 24.3 Å². The lowest BCUT2D eigenvalue weighted by Crippen LogP contribution is -2.67. The molecule has 4 fully saturated rings. The molecule has 4 aliphatic rings. The Bertz CT molecular complexity index is 1630. The van der Waals surface area contributed by atoms with E-state index in [0.29, 0.717) is 32.1 Å². The molecule has 1 unspecified atom stereocenters. The molecule has 3 saturated carbocycles. The molecule has 0 aromatic carbocycles. The summed E-state index contributed by atoms with van der Waals surface area (Å²) in [5, 5.41) is 22.2. The highest BCUT2D eigenvalue weighted by molar-refractivity contribution is 7.88. The second kappa shape index (κ2) is 16.3. The lowest BCUT2D eigenvalue weighted by atomic mass is 9.82. The molecule has 0 bridgehead atoms. The maximum absolute atomic E-state index is 14.7. The first-order valence-corrected chi connectivity index (χ1v) is 20.4. The fourth-order valence-electron chi connectivity index (χ4n) is 8.29. The van der Waals surface area contributed by atoms with Gasteiger partial charge in [-0.2, -0.15) is 8.42 Å². The van der Waals surface area contributed by atoms with E-state index in [1.54, 1.807) is 27.7 Å². The van der Waals surface area contributed by atoms with Gasteiger partial charge >= 0.3 is 10.1 Å². The number of hydrogen-bond acceptors (Lipinski definition) is 10. The molecule has 1 saturated heterocycles. The summed E-state index contributed by atoms with van der Waals surface area (Å²) in [6, 6.07) is -5.26. The summed E-state index contributed by atoms with van der Waals surface area (Å²) < 4.78 is 35.5. The van der Waals surface area contributed by atoms with E-state index in [1.165, 1.54) is 23.5 Å². The number of nitrogens with one attached hydrogen (secondary N) is 4. The van der Waals surface area contributed by atoms with Crippen molar-refractivity contribution in [1.82, 2.24) is 36.1 Å². The minimum absolute atomic E-state index is 0.0458. The molecule has 1 aromatic heterocycles. The molecule has 53 heavy (non-hydrogen) atoms. The van der Waals surface area contributed by atoms with Crippen molar-refractivity contribution in [2.45, 2.75) is 140 Å². The number of amides is 5. The zero-order valence-corrected chi connectivity index (χ0v) is 31.9. The van der Waals surface area contributed by atoms with Crippen LogP contribution in [0.3, 0.4) is 0 Å². The van der Waals surface area contributed by atoms with Gasteiger partial charge in [-0.25, -0.2) is 4.98 Å². The topological polar surface area (TPSA) is 237 Å². The van der Waals surface area contributed by atoms with Crippen LogP contribution in [0.4, 0.5) is 0 Å². The number of aromatic nitrogens is 2. The first-order valence-electron chi connectivity index (χ1n) is 19.0. The molecule has 17 heteroatoms. The van der Waals surface area contributed by atoms with Crippen LogP contribution in [-0.2, 0) is 29.3 Å². The van der Waals surface area contributed by atoms with Crippen molar-refractivity contribution < 1.29 is 42.0 Å². The summed E-state index contributed by atoms with van der Waals surface area (Å²) in [6.07, 6.45) is 11.7.